The summed E-state index contributed by atoms with van der Waals surface area (Å²) in [4.78, 5) is 0. The van der Waals surface area contributed by atoms with Gasteiger partial charge in [-0.05, 0) is 36.3 Å². The highest BCUT2D eigenvalue weighted by Gasteiger charge is 2.54. The molecule has 1 heterocycles. The predicted octanol–water partition coefficient (Wildman–Crippen LogP) is 2.42. The van der Waals surface area contributed by atoms with E-state index in [1.807, 2.05) is 0 Å². The molecule has 1 aliphatic carbocycles. The second-order valence-corrected chi connectivity index (χ2v) is 7.56. The zero-order valence-electron chi connectivity index (χ0n) is 9.92. The van der Waals surface area contributed by atoms with Crippen LogP contribution >= 0.6 is 11.8 Å². The Kier molecular flexibility index (Phi) is 3.34. The number of rotatable bonds is 3. The lowest BCUT2D eigenvalue weighted by Crippen LogP contribution is -2.56. The van der Waals surface area contributed by atoms with Gasteiger partial charge in [0.05, 0.1) is 0 Å². The molecule has 0 aromatic carbocycles. The Morgan fingerprint density at radius 1 is 1.27 bits per heavy atom. The van der Waals surface area contributed by atoms with E-state index in [1.165, 1.54) is 25.7 Å². The van der Waals surface area contributed by atoms with Crippen molar-refractivity contribution in [3.05, 3.63) is 0 Å². The van der Waals surface area contributed by atoms with Gasteiger partial charge >= 0.3 is 0 Å². The maximum atomic E-state index is 5.95. The van der Waals surface area contributed by atoms with Gasteiger partial charge in [-0.15, -0.1) is 0 Å². The molecule has 15 heavy (non-hydrogen) atoms. The van der Waals surface area contributed by atoms with Gasteiger partial charge in [-0.25, -0.2) is 0 Å². The lowest BCUT2D eigenvalue weighted by atomic mass is 9.57. The molecule has 2 fully saturated rings. The van der Waals surface area contributed by atoms with E-state index >= 15 is 0 Å². The molecule has 2 N–H and O–H groups in total. The summed E-state index contributed by atoms with van der Waals surface area (Å²) >= 11 is 2.09. The van der Waals surface area contributed by atoms with Gasteiger partial charge in [0, 0.05) is 24.5 Å². The first kappa shape index (κ1) is 11.7. The topological polar surface area (TPSA) is 35.2 Å². The van der Waals surface area contributed by atoms with Crippen LogP contribution in [0.15, 0.2) is 0 Å². The monoisotopic (exact) mass is 229 g/mol. The van der Waals surface area contributed by atoms with Crippen LogP contribution in [0.5, 0.6) is 0 Å². The van der Waals surface area contributed by atoms with E-state index in [9.17, 15) is 0 Å². The van der Waals surface area contributed by atoms with Gasteiger partial charge in [0.1, 0.15) is 0 Å². The number of nitrogens with two attached hydrogens (primary N) is 1. The van der Waals surface area contributed by atoms with Gasteiger partial charge in [0.15, 0.2) is 0 Å². The summed E-state index contributed by atoms with van der Waals surface area (Å²) < 4.78 is 5.84. The SMILES string of the molecule is CC(C)SC1(CN)CC2(CCOCC2)C1. The first-order valence-corrected chi connectivity index (χ1v) is 6.93. The van der Waals surface area contributed by atoms with E-state index in [2.05, 4.69) is 25.6 Å². The number of hydrogen-bond acceptors (Lipinski definition) is 3. The normalized spacial score (nSPS) is 28.0. The van der Waals surface area contributed by atoms with Crippen molar-refractivity contribution >= 4 is 11.8 Å². The fraction of sp³-hybridized carbons (Fsp3) is 1.00. The van der Waals surface area contributed by atoms with Gasteiger partial charge in [-0.2, -0.15) is 11.8 Å². The molecule has 2 aliphatic rings. The summed E-state index contributed by atoms with van der Waals surface area (Å²) in [5, 5.41) is 0.700. The van der Waals surface area contributed by atoms with E-state index in [4.69, 9.17) is 10.5 Å². The van der Waals surface area contributed by atoms with Crippen molar-refractivity contribution < 1.29 is 4.74 Å². The second kappa shape index (κ2) is 4.27. The highest BCUT2D eigenvalue weighted by molar-refractivity contribution is 8.01. The van der Waals surface area contributed by atoms with Gasteiger partial charge in [0.2, 0.25) is 0 Å². The molecule has 3 heteroatoms. The predicted molar refractivity (Wildman–Crippen MR) is 66.2 cm³/mol. The van der Waals surface area contributed by atoms with E-state index in [1.54, 1.807) is 0 Å². The molecule has 2 nitrogen and oxygen atoms in total. The zero-order valence-corrected chi connectivity index (χ0v) is 10.7. The fourth-order valence-electron chi connectivity index (χ4n) is 3.25. The van der Waals surface area contributed by atoms with Crippen LogP contribution in [0.4, 0.5) is 0 Å². The van der Waals surface area contributed by atoms with Gasteiger partial charge in [-0.1, -0.05) is 13.8 Å². The van der Waals surface area contributed by atoms with Crippen LogP contribution in [0.1, 0.15) is 39.5 Å². The summed E-state index contributed by atoms with van der Waals surface area (Å²) in [6, 6.07) is 0. The molecule has 1 spiro atoms. The number of thioether (sulfide) groups is 1. The van der Waals surface area contributed by atoms with Crippen molar-refractivity contribution in [2.75, 3.05) is 19.8 Å². The standard InChI is InChI=1S/C12H23NOS/c1-10(2)15-12(9-13)7-11(8-12)3-5-14-6-4-11/h10H,3-9,13H2,1-2H3. The molecule has 0 bridgehead atoms. The number of hydrogen-bond donors (Lipinski definition) is 1. The first-order valence-electron chi connectivity index (χ1n) is 6.05. The minimum absolute atomic E-state index is 0.394. The Bertz CT molecular complexity index is 216. The average molecular weight is 229 g/mol. The Morgan fingerprint density at radius 3 is 2.33 bits per heavy atom. The van der Waals surface area contributed by atoms with Crippen LogP contribution in [0.2, 0.25) is 0 Å². The molecule has 0 aromatic rings. The van der Waals surface area contributed by atoms with Gasteiger partial charge < -0.3 is 10.5 Å². The number of ether oxygens (including phenoxy) is 1. The summed E-state index contributed by atoms with van der Waals surface area (Å²) in [5.74, 6) is 0. The van der Waals surface area contributed by atoms with Crippen LogP contribution in [-0.4, -0.2) is 29.8 Å². The van der Waals surface area contributed by atoms with Crippen LogP contribution in [0.25, 0.3) is 0 Å². The van der Waals surface area contributed by atoms with Crippen LogP contribution in [0.3, 0.4) is 0 Å². The lowest BCUT2D eigenvalue weighted by molar-refractivity contribution is -0.0452. The molecule has 88 valence electrons. The first-order chi connectivity index (χ1) is 7.10. The van der Waals surface area contributed by atoms with E-state index in [0.717, 1.165) is 19.8 Å². The zero-order chi connectivity index (χ0) is 10.9. The summed E-state index contributed by atoms with van der Waals surface area (Å²) in [7, 11) is 0. The van der Waals surface area contributed by atoms with Crippen molar-refractivity contribution in [1.29, 1.82) is 0 Å². The third kappa shape index (κ3) is 2.34. The fourth-order valence-corrected chi connectivity index (χ4v) is 5.12. The highest BCUT2D eigenvalue weighted by Crippen LogP contribution is 2.60. The maximum absolute atomic E-state index is 5.95. The molecule has 0 aromatic heterocycles. The van der Waals surface area contributed by atoms with E-state index in [0.29, 0.717) is 15.4 Å². The second-order valence-electron chi connectivity index (χ2n) is 5.52. The third-order valence-electron chi connectivity index (χ3n) is 3.81. The Morgan fingerprint density at radius 2 is 1.87 bits per heavy atom. The van der Waals surface area contributed by atoms with Crippen molar-refractivity contribution in [2.45, 2.75) is 49.5 Å². The molecule has 2 rings (SSSR count). The average Bonchev–Trinajstić information content (AvgIpc) is 2.15. The molecule has 1 aliphatic heterocycles. The lowest BCUT2D eigenvalue weighted by Gasteiger charge is -2.58. The molecule has 1 saturated carbocycles. The minimum Gasteiger partial charge on any atom is -0.381 e. The maximum Gasteiger partial charge on any atom is 0.0471 e. The van der Waals surface area contributed by atoms with Gasteiger partial charge in [-0.3, -0.25) is 0 Å². The minimum atomic E-state index is 0.394. The van der Waals surface area contributed by atoms with E-state index in [-0.39, 0.29) is 0 Å². The largest absolute Gasteiger partial charge is 0.381 e. The Labute approximate surface area is 97.3 Å². The molecular weight excluding hydrogens is 206 g/mol. The molecule has 0 atom stereocenters. The molecule has 1 saturated heterocycles. The molecule has 0 amide bonds. The van der Waals surface area contributed by atoms with Crippen LogP contribution in [-0.2, 0) is 4.74 Å². The molecule has 0 radical (unpaired) electrons. The van der Waals surface area contributed by atoms with Gasteiger partial charge in [0.25, 0.3) is 0 Å². The molecule has 0 unspecified atom stereocenters. The smallest absolute Gasteiger partial charge is 0.0471 e. The van der Waals surface area contributed by atoms with Crippen molar-refractivity contribution in [3.8, 4) is 0 Å². The van der Waals surface area contributed by atoms with Crippen LogP contribution < -0.4 is 5.73 Å². The Hall–Kier alpha value is 0.270. The highest BCUT2D eigenvalue weighted by atomic mass is 32.2. The summed E-state index contributed by atoms with van der Waals surface area (Å²) in [6.07, 6.45) is 5.16. The Balaban J connectivity index is 1.92. The summed E-state index contributed by atoms with van der Waals surface area (Å²) in [6.45, 7) is 7.33. The van der Waals surface area contributed by atoms with Crippen molar-refractivity contribution in [2.24, 2.45) is 11.1 Å². The molecular formula is C12H23NOS. The quantitative estimate of drug-likeness (QED) is 0.807. The van der Waals surface area contributed by atoms with Crippen molar-refractivity contribution in [1.82, 2.24) is 0 Å². The van der Waals surface area contributed by atoms with E-state index < -0.39 is 0 Å². The third-order valence-corrected chi connectivity index (χ3v) is 5.23. The van der Waals surface area contributed by atoms with Crippen LogP contribution in [0, 0.1) is 5.41 Å². The summed E-state index contributed by atoms with van der Waals surface area (Å²) in [5.41, 5.74) is 6.55. The van der Waals surface area contributed by atoms with Crippen molar-refractivity contribution in [3.63, 3.8) is 0 Å².